The maximum absolute atomic E-state index is 14.2. The average Bonchev–Trinajstić information content (AvgIpc) is 3.92. The summed E-state index contributed by atoms with van der Waals surface area (Å²) in [5.41, 5.74) is 4.21. The summed E-state index contributed by atoms with van der Waals surface area (Å²) in [6.07, 6.45) is 14.7. The molecule has 4 aromatic heterocycles. The van der Waals surface area contributed by atoms with Gasteiger partial charge < -0.3 is 14.2 Å². The number of hydrogen-bond donors (Lipinski definition) is 0. The van der Waals surface area contributed by atoms with Gasteiger partial charge in [-0.05, 0) is 55.0 Å². The molecule has 1 atom stereocenters. The summed E-state index contributed by atoms with van der Waals surface area (Å²) < 4.78 is 40.9. The molecule has 0 aliphatic carbocycles. The summed E-state index contributed by atoms with van der Waals surface area (Å²) in [5.74, 6) is -2.55. The Morgan fingerprint density at radius 3 is 2.09 bits per heavy atom. The van der Waals surface area contributed by atoms with Crippen LogP contribution in [0, 0.1) is 28.9 Å². The minimum absolute atomic E-state index is 0.270. The largest absolute Gasteiger partial charge is 0.422 e. The highest BCUT2D eigenvalue weighted by molar-refractivity contribution is 7.36. The molecular formula is C44H51F2N3O2S3. The first-order valence-electron chi connectivity index (χ1n) is 19.7. The number of nitriles is 1. The fourth-order valence-electron chi connectivity index (χ4n) is 7.29. The Kier molecular flexibility index (Phi) is 13.8. The van der Waals surface area contributed by atoms with Crippen LogP contribution in [0.1, 0.15) is 120 Å². The van der Waals surface area contributed by atoms with E-state index in [1.807, 2.05) is 17.4 Å². The molecule has 1 unspecified atom stereocenters. The number of unbranched alkanes of at least 4 members (excludes halogenated alkanes) is 7. The number of nitrogens with zero attached hydrogens (tertiary/aromatic N) is 3. The summed E-state index contributed by atoms with van der Waals surface area (Å²) >= 11 is 4.88. The summed E-state index contributed by atoms with van der Waals surface area (Å²) in [6.45, 7) is 12.1. The van der Waals surface area contributed by atoms with Crippen LogP contribution in [0.3, 0.4) is 0 Å². The van der Waals surface area contributed by atoms with Gasteiger partial charge in [-0.15, -0.1) is 34.0 Å². The van der Waals surface area contributed by atoms with Gasteiger partial charge in [0.2, 0.25) is 0 Å². The number of carbonyl (C=O) groups excluding carboxylic acids is 1. The molecule has 0 radical (unpaired) electrons. The molecule has 0 saturated heterocycles. The number of thiophene rings is 3. The predicted octanol–water partition coefficient (Wildman–Crippen LogP) is 14.4. The second kappa shape index (κ2) is 18.7. The van der Waals surface area contributed by atoms with Crippen LogP contribution in [0.25, 0.3) is 40.3 Å². The number of ether oxygens (including phenoxy) is 1. The fraction of sp³-hybridized carbons (Fsp3) is 0.455. The summed E-state index contributed by atoms with van der Waals surface area (Å²) in [6, 6.07) is 16.6. The second-order valence-electron chi connectivity index (χ2n) is 14.4. The summed E-state index contributed by atoms with van der Waals surface area (Å²) in [5, 5.41) is 9.00. The van der Waals surface area contributed by atoms with E-state index in [9.17, 15) is 13.6 Å². The van der Waals surface area contributed by atoms with Gasteiger partial charge in [0, 0.05) is 47.0 Å². The Morgan fingerprint density at radius 1 is 0.815 bits per heavy atom. The standard InChI is InChI=1S/C44H51F2N3O2S3/c1-5-9-12-14-21-48(22-15-13-10-6-2)31-19-17-30(18-20-31)37-25-36-41(52-37)43-40(49(36)28-29(8-4)16-11-7-3)42-38(53-43)26-39(54-42)44(50)51-32-23-34(45)33(27-47)35(46)24-32/h17-20,23-26,29H,5-16,21-22,28H2,1-4H3. The quantitative estimate of drug-likeness (QED) is 0.0439. The second-order valence-corrected chi connectivity index (χ2v) is 17.5. The van der Waals surface area contributed by atoms with Crippen LogP contribution in [0.2, 0.25) is 0 Å². The van der Waals surface area contributed by atoms with Gasteiger partial charge in [0.1, 0.15) is 33.9 Å². The number of carbonyl (C=O) groups is 1. The van der Waals surface area contributed by atoms with Gasteiger partial charge in [-0.1, -0.05) is 97.6 Å². The minimum atomic E-state index is -1.06. The molecule has 0 bridgehead atoms. The zero-order valence-corrected chi connectivity index (χ0v) is 34.4. The number of rotatable bonds is 20. The van der Waals surface area contributed by atoms with Crippen LogP contribution in [-0.4, -0.2) is 23.6 Å². The van der Waals surface area contributed by atoms with Gasteiger partial charge in [-0.2, -0.15) is 5.26 Å². The molecule has 2 aromatic carbocycles. The van der Waals surface area contributed by atoms with Crippen molar-refractivity contribution in [3.63, 3.8) is 0 Å². The molecule has 286 valence electrons. The molecule has 5 nitrogen and oxygen atoms in total. The van der Waals surface area contributed by atoms with Gasteiger partial charge in [0.25, 0.3) is 0 Å². The first-order valence-corrected chi connectivity index (χ1v) is 22.2. The number of halogens is 2. The highest BCUT2D eigenvalue weighted by Crippen LogP contribution is 2.49. The number of fused-ring (bicyclic) bond motifs is 5. The molecule has 0 spiro atoms. The van der Waals surface area contributed by atoms with Crippen molar-refractivity contribution in [2.24, 2.45) is 5.92 Å². The molecule has 10 heteroatoms. The van der Waals surface area contributed by atoms with Crippen molar-refractivity contribution in [3.8, 4) is 22.3 Å². The lowest BCUT2D eigenvalue weighted by Crippen LogP contribution is -2.25. The van der Waals surface area contributed by atoms with E-state index >= 15 is 0 Å². The SMILES string of the molecule is CCCCCCN(CCCCCC)c1ccc(-c2cc3c(s2)c2sc4cc(C(=O)Oc5cc(F)c(C#N)c(F)c5)sc4c2n3CC(CC)CCCC)cc1. The van der Waals surface area contributed by atoms with Crippen molar-refractivity contribution in [2.75, 3.05) is 18.0 Å². The van der Waals surface area contributed by atoms with Gasteiger partial charge in [-0.25, -0.2) is 13.6 Å². The third kappa shape index (κ3) is 8.85. The van der Waals surface area contributed by atoms with Gasteiger partial charge in [0.05, 0.1) is 25.1 Å². The van der Waals surface area contributed by atoms with Crippen LogP contribution in [0.5, 0.6) is 5.75 Å². The first kappa shape index (κ1) is 39.9. The zero-order valence-electron chi connectivity index (χ0n) is 31.9. The Bertz CT molecular complexity index is 2190. The third-order valence-electron chi connectivity index (χ3n) is 10.4. The lowest BCUT2D eigenvalue weighted by Gasteiger charge is -2.25. The highest BCUT2D eigenvalue weighted by Gasteiger charge is 2.25. The van der Waals surface area contributed by atoms with Crippen LogP contribution in [0.4, 0.5) is 14.5 Å². The lowest BCUT2D eigenvalue weighted by molar-refractivity contribution is 0.0739. The van der Waals surface area contributed by atoms with Crippen molar-refractivity contribution in [2.45, 2.75) is 111 Å². The van der Waals surface area contributed by atoms with Crippen molar-refractivity contribution in [1.29, 1.82) is 5.26 Å². The van der Waals surface area contributed by atoms with Gasteiger partial charge in [0.15, 0.2) is 0 Å². The Hall–Kier alpha value is -3.78. The highest BCUT2D eigenvalue weighted by atomic mass is 32.1. The normalized spacial score (nSPS) is 12.2. The smallest absolute Gasteiger partial charge is 0.353 e. The average molecular weight is 788 g/mol. The zero-order chi connectivity index (χ0) is 38.2. The van der Waals surface area contributed by atoms with Crippen molar-refractivity contribution >= 4 is 75.5 Å². The molecule has 0 saturated carbocycles. The van der Waals surface area contributed by atoms with Crippen LogP contribution >= 0.6 is 34.0 Å². The summed E-state index contributed by atoms with van der Waals surface area (Å²) in [7, 11) is 0. The van der Waals surface area contributed by atoms with Crippen LogP contribution in [-0.2, 0) is 6.54 Å². The predicted molar refractivity (Wildman–Crippen MR) is 226 cm³/mol. The number of benzene rings is 2. The fourth-order valence-corrected chi connectivity index (χ4v) is 11.1. The minimum Gasteiger partial charge on any atom is -0.422 e. The van der Waals surface area contributed by atoms with Crippen LogP contribution in [0.15, 0.2) is 48.5 Å². The molecule has 0 aliphatic rings. The number of hydrogen-bond acceptors (Lipinski definition) is 7. The molecule has 6 aromatic rings. The molecule has 0 N–H and O–H groups in total. The Morgan fingerprint density at radius 2 is 1.48 bits per heavy atom. The van der Waals surface area contributed by atoms with E-state index in [0.29, 0.717) is 10.8 Å². The summed E-state index contributed by atoms with van der Waals surface area (Å²) in [4.78, 5) is 17.4. The van der Waals surface area contributed by atoms with Crippen molar-refractivity contribution in [1.82, 2.24) is 4.57 Å². The third-order valence-corrected chi connectivity index (χ3v) is 14.1. The first-order chi connectivity index (χ1) is 26.3. The van der Waals surface area contributed by atoms with E-state index in [4.69, 9.17) is 10.00 Å². The Labute approximate surface area is 330 Å². The van der Waals surface area contributed by atoms with Crippen molar-refractivity contribution < 1.29 is 18.3 Å². The number of esters is 1. The van der Waals surface area contributed by atoms with E-state index < -0.39 is 23.2 Å². The molecular weight excluding hydrogens is 737 g/mol. The lowest BCUT2D eigenvalue weighted by atomic mass is 9.99. The van der Waals surface area contributed by atoms with Crippen molar-refractivity contribution in [3.05, 3.63) is 70.6 Å². The Balaban J connectivity index is 1.32. The van der Waals surface area contributed by atoms with Gasteiger partial charge in [-0.3, -0.25) is 0 Å². The van der Waals surface area contributed by atoms with Gasteiger partial charge >= 0.3 is 5.97 Å². The van der Waals surface area contributed by atoms with E-state index in [-0.39, 0.29) is 5.75 Å². The monoisotopic (exact) mass is 787 g/mol. The molecule has 6 rings (SSSR count). The molecule has 0 aliphatic heterocycles. The molecule has 0 amide bonds. The molecule has 0 fully saturated rings. The molecule has 4 heterocycles. The van der Waals surface area contributed by atoms with E-state index in [0.717, 1.165) is 65.9 Å². The topological polar surface area (TPSA) is 58.3 Å². The van der Waals surface area contributed by atoms with E-state index in [1.165, 1.54) is 106 Å². The number of aromatic nitrogens is 1. The van der Waals surface area contributed by atoms with E-state index in [1.54, 1.807) is 11.3 Å². The number of anilines is 1. The maximum atomic E-state index is 14.2. The van der Waals surface area contributed by atoms with Crippen LogP contribution < -0.4 is 9.64 Å². The van der Waals surface area contributed by atoms with E-state index in [2.05, 4.69) is 67.5 Å². The molecule has 54 heavy (non-hydrogen) atoms. The maximum Gasteiger partial charge on any atom is 0.353 e.